The normalized spacial score (nSPS) is 16.8. The van der Waals surface area contributed by atoms with E-state index in [-0.39, 0.29) is 5.91 Å². The van der Waals surface area contributed by atoms with Crippen LogP contribution in [-0.4, -0.2) is 17.7 Å². The zero-order valence-corrected chi connectivity index (χ0v) is 12.7. The van der Waals surface area contributed by atoms with Gasteiger partial charge in [-0.25, -0.2) is 0 Å². The minimum Gasteiger partial charge on any atom is -0.382 e. The van der Waals surface area contributed by atoms with Crippen molar-refractivity contribution in [1.29, 1.82) is 0 Å². The number of carbonyl (C=O) groups is 1. The molecule has 0 unspecified atom stereocenters. The van der Waals surface area contributed by atoms with Crippen LogP contribution in [0.2, 0.25) is 0 Å². The molecule has 0 spiro atoms. The molecule has 4 nitrogen and oxygen atoms in total. The van der Waals surface area contributed by atoms with E-state index in [1.165, 1.54) is 5.56 Å². The molecule has 4 heteroatoms. The molecule has 1 aliphatic rings. The predicted octanol–water partition coefficient (Wildman–Crippen LogP) is 3.44. The molecule has 0 radical (unpaired) electrons. The van der Waals surface area contributed by atoms with E-state index in [0.717, 1.165) is 22.5 Å². The van der Waals surface area contributed by atoms with Crippen molar-refractivity contribution in [3.63, 3.8) is 0 Å². The molecule has 1 atom stereocenters. The van der Waals surface area contributed by atoms with E-state index < -0.39 is 6.10 Å². The molecule has 0 fully saturated rings. The van der Waals surface area contributed by atoms with Crippen molar-refractivity contribution in [2.24, 2.45) is 5.16 Å². The molecule has 1 N–H and O–H groups in total. The number of amides is 1. The van der Waals surface area contributed by atoms with Crippen LogP contribution in [0.15, 0.2) is 53.7 Å². The maximum Gasteiger partial charge on any atom is 0.268 e. The van der Waals surface area contributed by atoms with Gasteiger partial charge in [-0.1, -0.05) is 53.2 Å². The Labute approximate surface area is 129 Å². The number of anilines is 1. The third-order valence-electron chi connectivity index (χ3n) is 3.71. The molecule has 0 bridgehead atoms. The summed E-state index contributed by atoms with van der Waals surface area (Å²) in [5.41, 5.74) is 4.82. The summed E-state index contributed by atoms with van der Waals surface area (Å²) >= 11 is 0. The van der Waals surface area contributed by atoms with E-state index in [1.54, 1.807) is 0 Å². The largest absolute Gasteiger partial charge is 0.382 e. The molecule has 1 amide bonds. The minimum absolute atomic E-state index is 0.165. The molecular formula is C18H18N2O2. The van der Waals surface area contributed by atoms with E-state index in [1.807, 2.05) is 62.4 Å². The molecule has 0 aliphatic carbocycles. The number of rotatable bonds is 3. The van der Waals surface area contributed by atoms with Crippen LogP contribution in [0.1, 0.15) is 23.1 Å². The average molecular weight is 294 g/mol. The molecule has 0 aromatic heterocycles. The highest BCUT2D eigenvalue weighted by atomic mass is 16.6. The van der Waals surface area contributed by atoms with Crippen molar-refractivity contribution < 1.29 is 9.63 Å². The first-order valence-corrected chi connectivity index (χ1v) is 7.30. The van der Waals surface area contributed by atoms with E-state index in [9.17, 15) is 4.79 Å². The topological polar surface area (TPSA) is 50.7 Å². The quantitative estimate of drug-likeness (QED) is 0.942. The minimum atomic E-state index is -0.573. The first-order valence-electron chi connectivity index (χ1n) is 7.30. The van der Waals surface area contributed by atoms with Crippen molar-refractivity contribution in [3.8, 4) is 0 Å². The second-order valence-electron chi connectivity index (χ2n) is 5.51. The van der Waals surface area contributed by atoms with Crippen LogP contribution in [0.3, 0.4) is 0 Å². The molecule has 0 saturated heterocycles. The zero-order valence-electron chi connectivity index (χ0n) is 12.7. The Bertz CT molecular complexity index is 723. The molecule has 2 aromatic rings. The van der Waals surface area contributed by atoms with E-state index >= 15 is 0 Å². The number of carbonyl (C=O) groups excluding carboxylic acids is 1. The van der Waals surface area contributed by atoms with Crippen LogP contribution in [-0.2, 0) is 9.63 Å². The average Bonchev–Trinajstić information content (AvgIpc) is 3.01. The number of hydrogen-bond donors (Lipinski definition) is 1. The van der Waals surface area contributed by atoms with E-state index in [0.29, 0.717) is 6.42 Å². The van der Waals surface area contributed by atoms with Crippen molar-refractivity contribution >= 4 is 17.3 Å². The Morgan fingerprint density at radius 1 is 1.18 bits per heavy atom. The highest BCUT2D eigenvalue weighted by Gasteiger charge is 2.29. The van der Waals surface area contributed by atoms with Crippen molar-refractivity contribution in [2.45, 2.75) is 26.4 Å². The number of oxime groups is 1. The fraction of sp³-hybridized carbons (Fsp3) is 0.222. The third-order valence-corrected chi connectivity index (χ3v) is 3.71. The molecule has 3 rings (SSSR count). The van der Waals surface area contributed by atoms with Gasteiger partial charge < -0.3 is 10.2 Å². The first kappa shape index (κ1) is 14.3. The second-order valence-corrected chi connectivity index (χ2v) is 5.51. The number of hydrogen-bond acceptors (Lipinski definition) is 3. The lowest BCUT2D eigenvalue weighted by molar-refractivity contribution is -0.125. The van der Waals surface area contributed by atoms with Gasteiger partial charge in [0.05, 0.1) is 5.71 Å². The van der Waals surface area contributed by atoms with E-state index in [2.05, 4.69) is 10.5 Å². The summed E-state index contributed by atoms with van der Waals surface area (Å²) in [5.74, 6) is -0.165. The molecule has 1 heterocycles. The second kappa shape index (κ2) is 6.02. The molecular weight excluding hydrogens is 276 g/mol. The van der Waals surface area contributed by atoms with Gasteiger partial charge in [0.15, 0.2) is 0 Å². The number of aryl methyl sites for hydroxylation is 2. The summed E-state index contributed by atoms with van der Waals surface area (Å²) in [6.45, 7) is 4.00. The van der Waals surface area contributed by atoms with Gasteiger partial charge in [-0.2, -0.15) is 0 Å². The summed E-state index contributed by atoms with van der Waals surface area (Å²) in [5, 5.41) is 6.96. The zero-order chi connectivity index (χ0) is 15.5. The maximum atomic E-state index is 12.3. The van der Waals surface area contributed by atoms with E-state index in [4.69, 9.17) is 4.84 Å². The van der Waals surface area contributed by atoms with Gasteiger partial charge in [0.25, 0.3) is 5.91 Å². The van der Waals surface area contributed by atoms with Gasteiger partial charge in [0, 0.05) is 12.1 Å². The van der Waals surface area contributed by atoms with Gasteiger partial charge in [0.2, 0.25) is 6.10 Å². The lowest BCUT2D eigenvalue weighted by Gasteiger charge is -2.12. The summed E-state index contributed by atoms with van der Waals surface area (Å²) in [6.07, 6.45) is -0.0864. The Balaban J connectivity index is 1.65. The van der Waals surface area contributed by atoms with Crippen LogP contribution in [0.25, 0.3) is 0 Å². The van der Waals surface area contributed by atoms with Crippen LogP contribution >= 0.6 is 0 Å². The van der Waals surface area contributed by atoms with Crippen LogP contribution < -0.4 is 5.32 Å². The SMILES string of the molecule is Cc1ccc(NC(=O)[C@H]2CC(c3ccccc3)=NO2)c(C)c1. The van der Waals surface area contributed by atoms with Crippen LogP contribution in [0.4, 0.5) is 5.69 Å². The summed E-state index contributed by atoms with van der Waals surface area (Å²) in [4.78, 5) is 17.6. The van der Waals surface area contributed by atoms with Gasteiger partial charge in [-0.05, 0) is 31.0 Å². The maximum absolute atomic E-state index is 12.3. The van der Waals surface area contributed by atoms with Crippen LogP contribution in [0.5, 0.6) is 0 Å². The first-order chi connectivity index (χ1) is 10.6. The highest BCUT2D eigenvalue weighted by Crippen LogP contribution is 2.20. The fourth-order valence-electron chi connectivity index (χ4n) is 2.49. The standard InChI is InChI=1S/C18H18N2O2/c1-12-8-9-15(13(2)10-12)19-18(21)17-11-16(20-22-17)14-6-4-3-5-7-14/h3-10,17H,11H2,1-2H3,(H,19,21)/t17-/m1/s1. The highest BCUT2D eigenvalue weighted by molar-refractivity contribution is 6.06. The predicted molar refractivity (Wildman–Crippen MR) is 87.0 cm³/mol. The molecule has 2 aromatic carbocycles. The molecule has 22 heavy (non-hydrogen) atoms. The fourth-order valence-corrected chi connectivity index (χ4v) is 2.49. The Morgan fingerprint density at radius 2 is 1.95 bits per heavy atom. The number of nitrogens with zero attached hydrogens (tertiary/aromatic N) is 1. The summed E-state index contributed by atoms with van der Waals surface area (Å²) in [6, 6.07) is 15.7. The number of benzene rings is 2. The lowest BCUT2D eigenvalue weighted by Crippen LogP contribution is -2.28. The Hall–Kier alpha value is -2.62. The van der Waals surface area contributed by atoms with Gasteiger partial charge in [-0.15, -0.1) is 0 Å². The molecule has 112 valence electrons. The third kappa shape index (κ3) is 3.01. The van der Waals surface area contributed by atoms with Crippen LogP contribution in [0, 0.1) is 13.8 Å². The number of nitrogens with one attached hydrogen (secondary N) is 1. The van der Waals surface area contributed by atoms with Gasteiger partial charge in [0.1, 0.15) is 0 Å². The van der Waals surface area contributed by atoms with Crippen molar-refractivity contribution in [3.05, 3.63) is 65.2 Å². The summed E-state index contributed by atoms with van der Waals surface area (Å²) in [7, 11) is 0. The van der Waals surface area contributed by atoms with Gasteiger partial charge in [-0.3, -0.25) is 4.79 Å². The lowest BCUT2D eigenvalue weighted by atomic mass is 10.0. The van der Waals surface area contributed by atoms with Gasteiger partial charge >= 0.3 is 0 Å². The van der Waals surface area contributed by atoms with Crippen molar-refractivity contribution in [1.82, 2.24) is 0 Å². The van der Waals surface area contributed by atoms with Crippen molar-refractivity contribution in [2.75, 3.05) is 5.32 Å². The Kier molecular flexibility index (Phi) is 3.92. The molecule has 0 saturated carbocycles. The Morgan fingerprint density at radius 3 is 2.68 bits per heavy atom. The molecule has 1 aliphatic heterocycles. The summed E-state index contributed by atoms with van der Waals surface area (Å²) < 4.78 is 0. The smallest absolute Gasteiger partial charge is 0.268 e. The monoisotopic (exact) mass is 294 g/mol.